The Labute approximate surface area is 377 Å². The average Bonchev–Trinajstić information content (AvgIpc) is 3.80. The fourth-order valence-corrected chi connectivity index (χ4v) is 11.9. The van der Waals surface area contributed by atoms with Crippen LogP contribution in [0.15, 0.2) is 48.8 Å². The van der Waals surface area contributed by atoms with Crippen molar-refractivity contribution in [2.24, 2.45) is 23.7 Å². The molecule has 4 amide bonds. The second-order valence-electron chi connectivity index (χ2n) is 19.2. The van der Waals surface area contributed by atoms with Gasteiger partial charge in [-0.1, -0.05) is 36.4 Å². The van der Waals surface area contributed by atoms with E-state index in [1.165, 1.54) is 30.9 Å². The van der Waals surface area contributed by atoms with Crippen molar-refractivity contribution in [3.8, 4) is 33.6 Å². The standard InChI is InChI=1S/C49H58N8O8/c1-62-48(60)54-42(28-12-16-64-17-13-28)46(58)56-38-20-30(38)22-40(56)44-50-24-36(52-44)27-8-6-26(7-9-27)32-10-11-35(34-5-3-4-33(32)34)37-25-51-45(53-37)41-23-31-21-39(31)57(41)47(59)43(55-49(61)63-2)29-14-18-65-19-15-29/h6-11,24-25,28-31,38-43H,3-5,12-23H2,1-2H3,(H,50,52)(H,51,53)(H,54,60)(H,55,61)/t30-,31-,38-,39-,40+,41+,42+,43+/m1/s1. The third-order valence-electron chi connectivity index (χ3n) is 15.5. The number of fused-ring (bicyclic) bond motifs is 3. The molecule has 342 valence electrons. The molecule has 0 spiro atoms. The molecule has 8 atom stereocenters. The molecule has 6 heterocycles. The van der Waals surface area contributed by atoms with E-state index in [4.69, 9.17) is 28.9 Å². The number of nitrogens with one attached hydrogen (secondary N) is 4. The van der Waals surface area contributed by atoms with E-state index < -0.39 is 24.3 Å². The van der Waals surface area contributed by atoms with Crippen LogP contribution < -0.4 is 10.6 Å². The monoisotopic (exact) mass is 886 g/mol. The zero-order valence-corrected chi connectivity index (χ0v) is 37.1. The third kappa shape index (κ3) is 7.85. The molecule has 0 unspecified atom stereocenters. The topological polar surface area (TPSA) is 193 Å². The van der Waals surface area contributed by atoms with Crippen LogP contribution in [0.2, 0.25) is 0 Å². The number of alkyl carbamates (subject to hydrolysis) is 2. The third-order valence-corrected chi connectivity index (χ3v) is 15.5. The summed E-state index contributed by atoms with van der Waals surface area (Å²) in [7, 11) is 2.65. The minimum Gasteiger partial charge on any atom is -0.453 e. The Morgan fingerprint density at radius 1 is 0.631 bits per heavy atom. The van der Waals surface area contributed by atoms with Gasteiger partial charge in [0.25, 0.3) is 0 Å². The van der Waals surface area contributed by atoms with E-state index in [9.17, 15) is 19.2 Å². The van der Waals surface area contributed by atoms with Crippen molar-refractivity contribution < 1.29 is 38.1 Å². The van der Waals surface area contributed by atoms with Gasteiger partial charge in [0.1, 0.15) is 23.7 Å². The van der Waals surface area contributed by atoms with Gasteiger partial charge >= 0.3 is 12.2 Å². The molecular weight excluding hydrogens is 829 g/mol. The van der Waals surface area contributed by atoms with Crippen LogP contribution in [0.4, 0.5) is 9.59 Å². The van der Waals surface area contributed by atoms with Crippen molar-refractivity contribution in [1.82, 2.24) is 40.4 Å². The van der Waals surface area contributed by atoms with E-state index in [1.807, 2.05) is 22.2 Å². The van der Waals surface area contributed by atoms with Crippen LogP contribution in [-0.2, 0) is 41.4 Å². The molecule has 65 heavy (non-hydrogen) atoms. The second kappa shape index (κ2) is 17.2. The van der Waals surface area contributed by atoms with Crippen LogP contribution >= 0.6 is 0 Å². The number of likely N-dealkylation sites (tertiary alicyclic amines) is 2. The predicted molar refractivity (Wildman–Crippen MR) is 237 cm³/mol. The summed E-state index contributed by atoms with van der Waals surface area (Å²) < 4.78 is 21.0. The van der Waals surface area contributed by atoms with Crippen molar-refractivity contribution in [3.05, 3.63) is 71.6 Å². The summed E-state index contributed by atoms with van der Waals surface area (Å²) in [6, 6.07) is 11.6. The van der Waals surface area contributed by atoms with Crippen molar-refractivity contribution in [3.63, 3.8) is 0 Å². The summed E-state index contributed by atoms with van der Waals surface area (Å²) in [6.45, 7) is 2.27. The maximum absolute atomic E-state index is 14.4. The van der Waals surface area contributed by atoms with E-state index in [0.717, 1.165) is 84.7 Å². The molecule has 16 heteroatoms. The van der Waals surface area contributed by atoms with Crippen LogP contribution in [0.25, 0.3) is 33.6 Å². The first kappa shape index (κ1) is 41.9. The van der Waals surface area contributed by atoms with Gasteiger partial charge < -0.3 is 49.3 Å². The number of aromatic amines is 2. The highest BCUT2D eigenvalue weighted by molar-refractivity contribution is 5.88. The lowest BCUT2D eigenvalue weighted by molar-refractivity contribution is -0.138. The Hall–Kier alpha value is -5.74. The van der Waals surface area contributed by atoms with Crippen LogP contribution in [0, 0.1) is 23.7 Å². The Morgan fingerprint density at radius 3 is 1.62 bits per heavy atom. The molecule has 2 aromatic heterocycles. The summed E-state index contributed by atoms with van der Waals surface area (Å²) in [6.07, 6.45) is 12.1. The van der Waals surface area contributed by atoms with Crippen molar-refractivity contribution >= 4 is 24.0 Å². The number of hydrogen-bond donors (Lipinski definition) is 4. The number of carbonyl (C=O) groups excluding carboxylic acids is 4. The molecule has 0 radical (unpaired) electrons. The van der Waals surface area contributed by atoms with Gasteiger partial charge in [0.2, 0.25) is 11.8 Å². The first-order chi connectivity index (χ1) is 31.8. The van der Waals surface area contributed by atoms with Crippen LogP contribution in [-0.4, -0.2) is 119 Å². The smallest absolute Gasteiger partial charge is 0.407 e. The molecule has 2 saturated carbocycles. The number of ether oxygens (including phenoxy) is 4. The Morgan fingerprint density at radius 2 is 1.09 bits per heavy atom. The summed E-state index contributed by atoms with van der Waals surface area (Å²) in [5.41, 5.74) is 9.06. The quantitative estimate of drug-likeness (QED) is 0.134. The summed E-state index contributed by atoms with van der Waals surface area (Å²) in [4.78, 5) is 74.4. The SMILES string of the molecule is COC(=O)N[C@H](C(=O)N1[C@@H]2C[C@@H]2C[C@H]1c1ncc(-c2ccc(-c3ccc(-c4cnc([C@@H]5C[C@H]6C[C@H]6N5C(=O)[C@@H](NC(=O)OC)C5CCOCC5)[nH]4)c4c3CCC4)cc2)[nH]1)C1CCOCC1. The largest absolute Gasteiger partial charge is 0.453 e. The fourth-order valence-electron chi connectivity index (χ4n) is 11.9. The van der Waals surface area contributed by atoms with Gasteiger partial charge in [-0.05, 0) is 122 Å². The number of nitrogens with zero attached hydrogens (tertiary/aromatic N) is 4. The highest BCUT2D eigenvalue weighted by Crippen LogP contribution is 2.55. The van der Waals surface area contributed by atoms with Gasteiger partial charge in [0.05, 0.1) is 50.1 Å². The van der Waals surface area contributed by atoms with E-state index in [1.54, 1.807) is 0 Å². The second-order valence-corrected chi connectivity index (χ2v) is 19.2. The molecule has 6 fully saturated rings. The number of amides is 4. The molecule has 4 saturated heterocycles. The average molecular weight is 887 g/mol. The molecular formula is C49H58N8O8. The van der Waals surface area contributed by atoms with E-state index in [2.05, 4.69) is 57.0 Å². The summed E-state index contributed by atoms with van der Waals surface area (Å²) in [5.74, 6) is 2.26. The van der Waals surface area contributed by atoms with Gasteiger partial charge in [-0.3, -0.25) is 9.59 Å². The normalized spacial score (nSPS) is 26.7. The number of benzene rings is 2. The molecule has 3 aliphatic carbocycles. The number of methoxy groups -OCH3 is 2. The van der Waals surface area contributed by atoms with Crippen molar-refractivity contribution in [1.29, 1.82) is 0 Å². The molecule has 11 rings (SSSR count). The number of piperidine rings is 2. The van der Waals surface area contributed by atoms with Gasteiger partial charge in [-0.2, -0.15) is 0 Å². The minimum atomic E-state index is -0.673. The van der Waals surface area contributed by atoms with Crippen molar-refractivity contribution in [2.75, 3.05) is 40.6 Å². The Bertz CT molecular complexity index is 2460. The minimum absolute atomic E-state index is 0.0190. The number of H-pyrrole nitrogens is 2. The van der Waals surface area contributed by atoms with E-state index >= 15 is 0 Å². The number of carbonyl (C=O) groups is 4. The molecule has 4 N–H and O–H groups in total. The van der Waals surface area contributed by atoms with Gasteiger partial charge in [-0.15, -0.1) is 0 Å². The highest BCUT2D eigenvalue weighted by atomic mass is 16.5. The van der Waals surface area contributed by atoms with E-state index in [0.29, 0.717) is 63.9 Å². The molecule has 7 aliphatic rings. The lowest BCUT2D eigenvalue weighted by Gasteiger charge is -2.35. The van der Waals surface area contributed by atoms with Crippen LogP contribution in [0.3, 0.4) is 0 Å². The lowest BCUT2D eigenvalue weighted by atomic mass is 9.90. The lowest BCUT2D eigenvalue weighted by Crippen LogP contribution is -2.54. The molecule has 4 aromatic rings. The summed E-state index contributed by atoms with van der Waals surface area (Å²) >= 11 is 0. The molecule has 16 nitrogen and oxygen atoms in total. The van der Waals surface area contributed by atoms with Gasteiger partial charge in [0, 0.05) is 44.1 Å². The van der Waals surface area contributed by atoms with Gasteiger partial charge in [0.15, 0.2) is 0 Å². The summed E-state index contributed by atoms with van der Waals surface area (Å²) in [5, 5.41) is 5.75. The molecule has 0 bridgehead atoms. The van der Waals surface area contributed by atoms with Crippen molar-refractivity contribution in [2.45, 2.75) is 107 Å². The van der Waals surface area contributed by atoms with Crippen LogP contribution in [0.5, 0.6) is 0 Å². The zero-order valence-electron chi connectivity index (χ0n) is 37.1. The number of hydrogen-bond acceptors (Lipinski definition) is 10. The first-order valence-corrected chi connectivity index (χ1v) is 23.6. The highest BCUT2D eigenvalue weighted by Gasteiger charge is 2.58. The number of imidazole rings is 2. The number of rotatable bonds is 11. The fraction of sp³-hybridized carbons (Fsp3) is 0.551. The molecule has 2 aromatic carbocycles. The zero-order chi connectivity index (χ0) is 44.3. The maximum atomic E-state index is 14.4. The number of aromatic nitrogens is 4. The Balaban J connectivity index is 0.799. The first-order valence-electron chi connectivity index (χ1n) is 23.6. The Kier molecular flexibility index (Phi) is 11.1. The predicted octanol–water partition coefficient (Wildman–Crippen LogP) is 6.25. The van der Waals surface area contributed by atoms with Crippen LogP contribution in [0.1, 0.15) is 92.6 Å². The maximum Gasteiger partial charge on any atom is 0.407 e. The van der Waals surface area contributed by atoms with Gasteiger partial charge in [-0.25, -0.2) is 19.6 Å². The van der Waals surface area contributed by atoms with E-state index in [-0.39, 0.29) is 47.8 Å². The molecule has 4 aliphatic heterocycles.